The number of benzene rings is 2. The molecule has 1 atom stereocenters. The maximum absolute atomic E-state index is 14.1. The SMILES string of the molecule is COC(=O)C1(CCc2ccc(OC)c(OC)c2)Sc2ccc(Cl)cc2N(CCN2CCCCC2)C1=O. The Balaban J connectivity index is 1.65. The number of halogens is 1. The first-order valence-corrected chi connectivity index (χ1v) is 13.4. The van der Waals surface area contributed by atoms with E-state index in [-0.39, 0.29) is 12.3 Å². The second kappa shape index (κ2) is 11.8. The molecule has 7 nitrogen and oxygen atoms in total. The number of likely N-dealkylation sites (tertiary alicyclic amines) is 1. The first-order chi connectivity index (χ1) is 17.4. The van der Waals surface area contributed by atoms with Crippen LogP contribution in [-0.2, 0) is 20.7 Å². The van der Waals surface area contributed by atoms with Gasteiger partial charge in [0.15, 0.2) is 16.2 Å². The second-order valence-electron chi connectivity index (χ2n) is 9.08. The van der Waals surface area contributed by atoms with Crippen molar-refractivity contribution in [3.05, 3.63) is 47.0 Å². The molecule has 1 unspecified atom stereocenters. The van der Waals surface area contributed by atoms with Gasteiger partial charge in [-0.1, -0.05) is 35.9 Å². The van der Waals surface area contributed by atoms with Crippen LogP contribution in [0.4, 0.5) is 5.69 Å². The lowest BCUT2D eigenvalue weighted by Gasteiger charge is -2.41. The van der Waals surface area contributed by atoms with E-state index in [1.807, 2.05) is 30.3 Å². The summed E-state index contributed by atoms with van der Waals surface area (Å²) in [4.78, 5) is 32.4. The second-order valence-corrected chi connectivity index (χ2v) is 10.9. The molecule has 1 fully saturated rings. The van der Waals surface area contributed by atoms with Gasteiger partial charge in [0.05, 0.1) is 27.0 Å². The van der Waals surface area contributed by atoms with Gasteiger partial charge >= 0.3 is 5.97 Å². The number of ether oxygens (including phenoxy) is 3. The molecule has 36 heavy (non-hydrogen) atoms. The molecule has 4 rings (SSSR count). The lowest BCUT2D eigenvalue weighted by molar-refractivity contribution is -0.147. The molecule has 2 aromatic carbocycles. The van der Waals surface area contributed by atoms with Gasteiger partial charge in [0.1, 0.15) is 0 Å². The summed E-state index contributed by atoms with van der Waals surface area (Å²) in [5.41, 5.74) is 1.69. The molecule has 1 amide bonds. The zero-order valence-corrected chi connectivity index (χ0v) is 22.6. The van der Waals surface area contributed by atoms with E-state index >= 15 is 0 Å². The van der Waals surface area contributed by atoms with Gasteiger partial charge in [-0.05, 0) is 74.7 Å². The highest BCUT2D eigenvalue weighted by atomic mass is 35.5. The molecule has 0 saturated carbocycles. The van der Waals surface area contributed by atoms with Crippen molar-refractivity contribution in [2.75, 3.05) is 52.4 Å². The quantitative estimate of drug-likeness (QED) is 0.338. The van der Waals surface area contributed by atoms with Crippen molar-refractivity contribution in [2.24, 2.45) is 0 Å². The van der Waals surface area contributed by atoms with Crippen LogP contribution in [0.25, 0.3) is 0 Å². The summed E-state index contributed by atoms with van der Waals surface area (Å²) >= 11 is 7.58. The number of fused-ring (bicyclic) bond motifs is 1. The van der Waals surface area contributed by atoms with Crippen LogP contribution in [0.3, 0.4) is 0 Å². The van der Waals surface area contributed by atoms with E-state index in [4.69, 9.17) is 25.8 Å². The van der Waals surface area contributed by atoms with Gasteiger partial charge in [-0.25, -0.2) is 4.79 Å². The fraction of sp³-hybridized carbons (Fsp3) is 0.481. The fourth-order valence-corrected chi connectivity index (χ4v) is 6.42. The number of carbonyl (C=O) groups is 2. The number of aryl methyl sites for hydroxylation is 1. The largest absolute Gasteiger partial charge is 0.493 e. The topological polar surface area (TPSA) is 68.3 Å². The Labute approximate surface area is 222 Å². The molecule has 194 valence electrons. The number of amides is 1. The smallest absolute Gasteiger partial charge is 0.332 e. The summed E-state index contributed by atoms with van der Waals surface area (Å²) in [5, 5.41) is 0.556. The third-order valence-electron chi connectivity index (χ3n) is 6.90. The number of rotatable bonds is 9. The Morgan fingerprint density at radius 3 is 2.44 bits per heavy atom. The average Bonchev–Trinajstić information content (AvgIpc) is 2.91. The maximum Gasteiger partial charge on any atom is 0.332 e. The van der Waals surface area contributed by atoms with E-state index in [1.165, 1.54) is 38.1 Å². The highest BCUT2D eigenvalue weighted by molar-refractivity contribution is 8.02. The van der Waals surface area contributed by atoms with E-state index in [2.05, 4.69) is 4.90 Å². The number of hydrogen-bond acceptors (Lipinski definition) is 7. The summed E-state index contributed by atoms with van der Waals surface area (Å²) < 4.78 is 14.6. The van der Waals surface area contributed by atoms with Crippen LogP contribution >= 0.6 is 23.4 Å². The van der Waals surface area contributed by atoms with Gasteiger partial charge in [0.25, 0.3) is 5.91 Å². The molecule has 0 spiro atoms. The first kappa shape index (κ1) is 26.6. The highest BCUT2D eigenvalue weighted by Gasteiger charge is 2.53. The van der Waals surface area contributed by atoms with E-state index in [0.717, 1.165) is 35.8 Å². The monoisotopic (exact) mass is 532 g/mol. The normalized spacial score (nSPS) is 20.1. The standard InChI is InChI=1S/C27H33ClN2O5S/c1-33-22-9-7-19(17-23(22)34-2)11-12-27(26(32)35-3)25(31)30(16-15-29-13-5-4-6-14-29)21-18-20(28)8-10-24(21)36-27/h7-10,17-18H,4-6,11-16H2,1-3H3. The Morgan fingerprint density at radius 1 is 1.00 bits per heavy atom. The summed E-state index contributed by atoms with van der Waals surface area (Å²) in [6, 6.07) is 11.1. The van der Waals surface area contributed by atoms with Crippen LogP contribution in [0, 0.1) is 0 Å². The van der Waals surface area contributed by atoms with Crippen molar-refractivity contribution < 1.29 is 23.8 Å². The van der Waals surface area contributed by atoms with Crippen LogP contribution in [0.15, 0.2) is 41.3 Å². The zero-order valence-electron chi connectivity index (χ0n) is 21.0. The van der Waals surface area contributed by atoms with Crippen molar-refractivity contribution in [3.8, 4) is 11.5 Å². The molecule has 2 heterocycles. The molecule has 0 radical (unpaired) electrons. The Hall–Kier alpha value is -2.42. The van der Waals surface area contributed by atoms with Gasteiger partial charge in [0.2, 0.25) is 0 Å². The molecule has 0 aliphatic carbocycles. The minimum atomic E-state index is -1.40. The molecule has 1 saturated heterocycles. The van der Waals surface area contributed by atoms with E-state index in [1.54, 1.807) is 25.2 Å². The van der Waals surface area contributed by atoms with Crippen molar-refractivity contribution in [3.63, 3.8) is 0 Å². The maximum atomic E-state index is 14.1. The molecule has 0 aromatic heterocycles. The van der Waals surface area contributed by atoms with Crippen LogP contribution < -0.4 is 14.4 Å². The zero-order chi connectivity index (χ0) is 25.7. The van der Waals surface area contributed by atoms with Crippen molar-refractivity contribution in [1.82, 2.24) is 4.90 Å². The van der Waals surface area contributed by atoms with Crippen molar-refractivity contribution in [2.45, 2.75) is 41.7 Å². The number of anilines is 1. The van der Waals surface area contributed by atoms with Crippen LogP contribution in [-0.4, -0.2) is 69.0 Å². The van der Waals surface area contributed by atoms with Gasteiger partial charge in [-0.2, -0.15) is 0 Å². The number of hydrogen-bond donors (Lipinski definition) is 0. The number of nitrogens with zero attached hydrogens (tertiary/aromatic N) is 2. The third-order valence-corrected chi connectivity index (χ3v) is 8.60. The lowest BCUT2D eigenvalue weighted by Crippen LogP contribution is -2.56. The minimum absolute atomic E-state index is 0.258. The molecule has 0 bridgehead atoms. The summed E-state index contributed by atoms with van der Waals surface area (Å²) in [6.07, 6.45) is 4.35. The van der Waals surface area contributed by atoms with Crippen molar-refractivity contribution in [1.29, 1.82) is 0 Å². The van der Waals surface area contributed by atoms with Crippen LogP contribution in [0.1, 0.15) is 31.2 Å². The van der Waals surface area contributed by atoms with E-state index < -0.39 is 10.7 Å². The molecular formula is C27H33ClN2O5S. The summed E-state index contributed by atoms with van der Waals surface area (Å²) in [7, 11) is 4.51. The Bertz CT molecular complexity index is 1110. The summed E-state index contributed by atoms with van der Waals surface area (Å²) in [5.74, 6) is 0.433. The number of piperidine rings is 1. The molecule has 2 aliphatic heterocycles. The summed E-state index contributed by atoms with van der Waals surface area (Å²) in [6.45, 7) is 3.29. The Kier molecular flexibility index (Phi) is 8.70. The molecule has 0 N–H and O–H groups in total. The van der Waals surface area contributed by atoms with Gasteiger partial charge < -0.3 is 24.0 Å². The minimum Gasteiger partial charge on any atom is -0.493 e. The third kappa shape index (κ3) is 5.45. The number of esters is 1. The predicted octanol–water partition coefficient (Wildman–Crippen LogP) is 4.83. The van der Waals surface area contributed by atoms with Gasteiger partial charge in [-0.15, -0.1) is 0 Å². The average molecular weight is 533 g/mol. The van der Waals surface area contributed by atoms with Gasteiger partial charge in [0, 0.05) is 23.0 Å². The molecule has 2 aromatic rings. The Morgan fingerprint density at radius 2 is 1.75 bits per heavy atom. The van der Waals surface area contributed by atoms with Crippen LogP contribution in [0.5, 0.6) is 11.5 Å². The molecule has 2 aliphatic rings. The fourth-order valence-electron chi connectivity index (χ4n) is 4.90. The molecular weight excluding hydrogens is 500 g/mol. The number of methoxy groups -OCH3 is 3. The van der Waals surface area contributed by atoms with Crippen molar-refractivity contribution >= 4 is 40.9 Å². The van der Waals surface area contributed by atoms with E-state index in [9.17, 15) is 9.59 Å². The van der Waals surface area contributed by atoms with Gasteiger partial charge in [-0.3, -0.25) is 4.79 Å². The molecule has 9 heteroatoms. The predicted molar refractivity (Wildman–Crippen MR) is 143 cm³/mol. The van der Waals surface area contributed by atoms with E-state index in [0.29, 0.717) is 29.5 Å². The lowest BCUT2D eigenvalue weighted by atomic mass is 9.95. The first-order valence-electron chi connectivity index (χ1n) is 12.2. The number of thioether (sulfide) groups is 1. The number of carbonyl (C=O) groups excluding carboxylic acids is 2. The highest BCUT2D eigenvalue weighted by Crippen LogP contribution is 2.49. The van der Waals surface area contributed by atoms with Crippen LogP contribution in [0.2, 0.25) is 5.02 Å².